The van der Waals surface area contributed by atoms with Gasteiger partial charge < -0.3 is 9.15 Å². The van der Waals surface area contributed by atoms with Crippen LogP contribution in [0.25, 0.3) is 0 Å². The standard InChI is InChI=1S/C11H15BrO3/c1-7(9-8(12)5-6-14-9)10(13)15-11(2,3)4/h5-7H,1-4H3. The third-order valence-electron chi connectivity index (χ3n) is 1.80. The predicted octanol–water partition coefficient (Wildman–Crippen LogP) is 3.49. The summed E-state index contributed by atoms with van der Waals surface area (Å²) in [6, 6.07) is 1.76. The van der Waals surface area contributed by atoms with Crippen LogP contribution in [0.15, 0.2) is 21.2 Å². The fourth-order valence-corrected chi connectivity index (χ4v) is 1.66. The van der Waals surface area contributed by atoms with E-state index in [1.807, 2.05) is 20.8 Å². The average molecular weight is 275 g/mol. The smallest absolute Gasteiger partial charge is 0.316 e. The van der Waals surface area contributed by atoms with Gasteiger partial charge in [-0.1, -0.05) is 0 Å². The Morgan fingerprint density at radius 3 is 2.53 bits per heavy atom. The molecule has 15 heavy (non-hydrogen) atoms. The highest BCUT2D eigenvalue weighted by Gasteiger charge is 2.26. The van der Waals surface area contributed by atoms with E-state index in [1.54, 1.807) is 19.3 Å². The van der Waals surface area contributed by atoms with Crippen LogP contribution in [0.2, 0.25) is 0 Å². The lowest BCUT2D eigenvalue weighted by Gasteiger charge is -2.21. The summed E-state index contributed by atoms with van der Waals surface area (Å²) >= 11 is 3.31. The highest BCUT2D eigenvalue weighted by molar-refractivity contribution is 9.10. The van der Waals surface area contributed by atoms with Crippen molar-refractivity contribution in [3.8, 4) is 0 Å². The number of carbonyl (C=O) groups is 1. The van der Waals surface area contributed by atoms with Crippen molar-refractivity contribution in [1.82, 2.24) is 0 Å². The third kappa shape index (κ3) is 3.38. The van der Waals surface area contributed by atoms with Crippen molar-refractivity contribution in [2.24, 2.45) is 0 Å². The van der Waals surface area contributed by atoms with E-state index in [4.69, 9.17) is 9.15 Å². The van der Waals surface area contributed by atoms with Crippen LogP contribution in [-0.4, -0.2) is 11.6 Å². The molecule has 1 atom stereocenters. The summed E-state index contributed by atoms with van der Waals surface area (Å²) in [5.74, 6) is -0.0731. The molecule has 0 spiro atoms. The van der Waals surface area contributed by atoms with Crippen molar-refractivity contribution in [1.29, 1.82) is 0 Å². The second-order valence-electron chi connectivity index (χ2n) is 4.39. The number of carbonyl (C=O) groups excluding carboxylic acids is 1. The molecule has 1 unspecified atom stereocenters. The largest absolute Gasteiger partial charge is 0.467 e. The Morgan fingerprint density at radius 1 is 1.53 bits per heavy atom. The van der Waals surface area contributed by atoms with Crippen molar-refractivity contribution in [2.45, 2.75) is 39.2 Å². The van der Waals surface area contributed by atoms with Gasteiger partial charge in [-0.15, -0.1) is 0 Å². The maximum absolute atomic E-state index is 11.7. The third-order valence-corrected chi connectivity index (χ3v) is 2.45. The number of ether oxygens (including phenoxy) is 1. The van der Waals surface area contributed by atoms with Crippen LogP contribution in [0.4, 0.5) is 0 Å². The molecule has 0 radical (unpaired) electrons. The van der Waals surface area contributed by atoms with E-state index in [9.17, 15) is 4.79 Å². The number of rotatable bonds is 2. The van der Waals surface area contributed by atoms with Gasteiger partial charge in [0.1, 0.15) is 17.3 Å². The van der Waals surface area contributed by atoms with Gasteiger partial charge in [0.05, 0.1) is 10.7 Å². The Morgan fingerprint density at radius 2 is 2.13 bits per heavy atom. The van der Waals surface area contributed by atoms with Crippen LogP contribution in [-0.2, 0) is 9.53 Å². The molecule has 0 N–H and O–H groups in total. The van der Waals surface area contributed by atoms with Crippen LogP contribution in [0.3, 0.4) is 0 Å². The first kappa shape index (κ1) is 12.3. The summed E-state index contributed by atoms with van der Waals surface area (Å²) in [4.78, 5) is 11.7. The van der Waals surface area contributed by atoms with Crippen LogP contribution >= 0.6 is 15.9 Å². The molecule has 1 heterocycles. The molecule has 0 saturated carbocycles. The Balaban J connectivity index is 2.74. The summed E-state index contributed by atoms with van der Waals surface area (Å²) in [7, 11) is 0. The minimum Gasteiger partial charge on any atom is -0.467 e. The van der Waals surface area contributed by atoms with Gasteiger partial charge in [-0.25, -0.2) is 0 Å². The minimum absolute atomic E-state index is 0.279. The predicted molar refractivity (Wildman–Crippen MR) is 60.7 cm³/mol. The second-order valence-corrected chi connectivity index (χ2v) is 5.24. The first-order chi connectivity index (χ1) is 6.81. The van der Waals surface area contributed by atoms with Gasteiger partial charge in [-0.05, 0) is 49.7 Å². The van der Waals surface area contributed by atoms with E-state index in [1.165, 1.54) is 0 Å². The lowest BCUT2D eigenvalue weighted by molar-refractivity contribution is -0.156. The van der Waals surface area contributed by atoms with Gasteiger partial charge >= 0.3 is 5.97 Å². The van der Waals surface area contributed by atoms with E-state index in [0.717, 1.165) is 4.47 Å². The van der Waals surface area contributed by atoms with Crippen LogP contribution in [0, 0.1) is 0 Å². The van der Waals surface area contributed by atoms with Gasteiger partial charge in [0, 0.05) is 0 Å². The lowest BCUT2D eigenvalue weighted by atomic mass is 10.1. The number of hydrogen-bond acceptors (Lipinski definition) is 3. The highest BCUT2D eigenvalue weighted by atomic mass is 79.9. The summed E-state index contributed by atoms with van der Waals surface area (Å²) < 4.78 is 11.3. The fraction of sp³-hybridized carbons (Fsp3) is 0.545. The molecule has 0 bridgehead atoms. The molecule has 1 aromatic rings. The Kier molecular flexibility index (Phi) is 3.60. The zero-order valence-electron chi connectivity index (χ0n) is 9.33. The molecule has 0 aliphatic carbocycles. The Bertz CT molecular complexity index is 349. The molecule has 0 saturated heterocycles. The zero-order valence-corrected chi connectivity index (χ0v) is 10.9. The van der Waals surface area contributed by atoms with Gasteiger partial charge in [0.15, 0.2) is 0 Å². The zero-order chi connectivity index (χ0) is 11.6. The SMILES string of the molecule is CC(C(=O)OC(C)(C)C)c1occc1Br. The Labute approximate surface area is 97.9 Å². The van der Waals surface area contributed by atoms with Crippen LogP contribution in [0.1, 0.15) is 39.4 Å². The maximum Gasteiger partial charge on any atom is 0.316 e. The molecular weight excluding hydrogens is 260 g/mol. The maximum atomic E-state index is 11.7. The minimum atomic E-state index is -0.468. The highest BCUT2D eigenvalue weighted by Crippen LogP contribution is 2.27. The summed E-state index contributed by atoms with van der Waals surface area (Å²) in [5.41, 5.74) is -0.468. The fourth-order valence-electron chi connectivity index (χ4n) is 1.11. The quantitative estimate of drug-likeness (QED) is 0.775. The monoisotopic (exact) mass is 274 g/mol. The molecule has 0 aliphatic heterocycles. The van der Waals surface area contributed by atoms with E-state index < -0.39 is 11.5 Å². The molecule has 84 valence electrons. The van der Waals surface area contributed by atoms with Gasteiger partial charge in [-0.3, -0.25) is 4.79 Å². The second kappa shape index (κ2) is 4.39. The van der Waals surface area contributed by atoms with Crippen molar-refractivity contribution in [3.05, 3.63) is 22.6 Å². The molecule has 0 aliphatic rings. The Hall–Kier alpha value is -0.770. The van der Waals surface area contributed by atoms with E-state index in [2.05, 4.69) is 15.9 Å². The molecule has 1 rings (SSSR count). The van der Waals surface area contributed by atoms with E-state index in [-0.39, 0.29) is 5.97 Å². The molecule has 0 aromatic carbocycles. The molecular formula is C11H15BrO3. The van der Waals surface area contributed by atoms with E-state index in [0.29, 0.717) is 5.76 Å². The van der Waals surface area contributed by atoms with Gasteiger partial charge in [-0.2, -0.15) is 0 Å². The number of esters is 1. The first-order valence-electron chi connectivity index (χ1n) is 4.77. The average Bonchev–Trinajstić information content (AvgIpc) is 2.47. The van der Waals surface area contributed by atoms with Crippen molar-refractivity contribution in [2.75, 3.05) is 0 Å². The summed E-state index contributed by atoms with van der Waals surface area (Å²) in [5, 5.41) is 0. The molecule has 3 nitrogen and oxygen atoms in total. The first-order valence-corrected chi connectivity index (χ1v) is 5.56. The van der Waals surface area contributed by atoms with Crippen LogP contribution < -0.4 is 0 Å². The number of hydrogen-bond donors (Lipinski definition) is 0. The molecule has 0 fully saturated rings. The molecule has 0 amide bonds. The molecule has 1 aromatic heterocycles. The number of halogens is 1. The normalized spacial score (nSPS) is 13.7. The van der Waals surface area contributed by atoms with Crippen molar-refractivity contribution < 1.29 is 13.9 Å². The van der Waals surface area contributed by atoms with Gasteiger partial charge in [0.2, 0.25) is 0 Å². The topological polar surface area (TPSA) is 39.4 Å². The van der Waals surface area contributed by atoms with Crippen molar-refractivity contribution >= 4 is 21.9 Å². The number of furan rings is 1. The summed E-state index contributed by atoms with van der Waals surface area (Å²) in [6.07, 6.45) is 1.54. The van der Waals surface area contributed by atoms with Crippen molar-refractivity contribution in [3.63, 3.8) is 0 Å². The summed E-state index contributed by atoms with van der Waals surface area (Å²) in [6.45, 7) is 7.29. The van der Waals surface area contributed by atoms with Crippen LogP contribution in [0.5, 0.6) is 0 Å². The molecule has 4 heteroatoms. The van der Waals surface area contributed by atoms with Gasteiger partial charge in [0.25, 0.3) is 0 Å². The lowest BCUT2D eigenvalue weighted by Crippen LogP contribution is -2.26. The van der Waals surface area contributed by atoms with E-state index >= 15 is 0 Å².